The number of nitrogens with one attached hydrogen (secondary N) is 2. The Kier molecular flexibility index (Phi) is 4.07. The molecule has 9 heteroatoms. The van der Waals surface area contributed by atoms with Crippen molar-refractivity contribution in [3.05, 3.63) is 12.2 Å². The third-order valence-electron chi connectivity index (χ3n) is 2.72. The smallest absolute Gasteiger partial charge is 0.396 e. The monoisotopic (exact) mass is 289 g/mol. The topological polar surface area (TPSA) is 86.7 Å². The van der Waals surface area contributed by atoms with Gasteiger partial charge in [0.25, 0.3) is 0 Å². The van der Waals surface area contributed by atoms with Crippen molar-refractivity contribution in [2.45, 2.75) is 32.0 Å². The Hall–Kier alpha value is -1.90. The number of imidazole rings is 1. The van der Waals surface area contributed by atoms with Crippen LogP contribution in [0.3, 0.4) is 0 Å². The predicted octanol–water partition coefficient (Wildman–Crippen LogP) is 1.94. The molecule has 0 saturated heterocycles. The molecule has 0 spiro atoms. The van der Waals surface area contributed by atoms with Gasteiger partial charge in [-0.3, -0.25) is 0 Å². The average Bonchev–Trinajstić information content (AvgIpc) is 2.83. The molecule has 2 aromatic rings. The van der Waals surface area contributed by atoms with Gasteiger partial charge in [-0.05, 0) is 19.8 Å². The zero-order valence-electron chi connectivity index (χ0n) is 10.7. The molecule has 3 N–H and O–H groups in total. The summed E-state index contributed by atoms with van der Waals surface area (Å²) >= 11 is 0. The standard InChI is InChI=1S/C11H14F3N5O/c1-6(3-2-4-20)17-9-7-8(16-5-15-7)18-10(19-9)11(12,13)14/h5-6,20H,2-4H2,1H3,(H2,15,16,17,18,19). The van der Waals surface area contributed by atoms with E-state index in [-0.39, 0.29) is 24.1 Å². The van der Waals surface area contributed by atoms with Crippen molar-refractivity contribution < 1.29 is 18.3 Å². The number of aliphatic hydroxyl groups excluding tert-OH is 1. The van der Waals surface area contributed by atoms with Gasteiger partial charge in [0.15, 0.2) is 11.5 Å². The third-order valence-corrected chi connectivity index (χ3v) is 2.72. The molecule has 2 aromatic heterocycles. The van der Waals surface area contributed by atoms with Crippen molar-refractivity contribution >= 4 is 17.0 Å². The molecular weight excluding hydrogens is 275 g/mol. The van der Waals surface area contributed by atoms with Crippen LogP contribution in [0.25, 0.3) is 11.2 Å². The number of halogens is 3. The number of alkyl halides is 3. The Morgan fingerprint density at radius 2 is 2.15 bits per heavy atom. The van der Waals surface area contributed by atoms with Gasteiger partial charge in [-0.2, -0.15) is 13.2 Å². The molecule has 0 bridgehead atoms. The normalized spacial score (nSPS) is 13.7. The van der Waals surface area contributed by atoms with Crippen molar-refractivity contribution in [3.8, 4) is 0 Å². The Balaban J connectivity index is 2.33. The van der Waals surface area contributed by atoms with Crippen molar-refractivity contribution in [1.82, 2.24) is 19.9 Å². The van der Waals surface area contributed by atoms with E-state index in [0.29, 0.717) is 18.4 Å². The van der Waals surface area contributed by atoms with Crippen LogP contribution >= 0.6 is 0 Å². The first-order valence-electron chi connectivity index (χ1n) is 6.07. The van der Waals surface area contributed by atoms with Crippen molar-refractivity contribution in [3.63, 3.8) is 0 Å². The quantitative estimate of drug-likeness (QED) is 0.783. The second kappa shape index (κ2) is 5.61. The molecule has 0 fully saturated rings. The molecule has 0 aliphatic carbocycles. The summed E-state index contributed by atoms with van der Waals surface area (Å²) in [4.78, 5) is 13.3. The first kappa shape index (κ1) is 14.5. The van der Waals surface area contributed by atoms with Crippen LogP contribution in [0.2, 0.25) is 0 Å². The summed E-state index contributed by atoms with van der Waals surface area (Å²) < 4.78 is 38.2. The number of anilines is 1. The number of hydrogen-bond acceptors (Lipinski definition) is 5. The van der Waals surface area contributed by atoms with Gasteiger partial charge in [-0.25, -0.2) is 15.0 Å². The molecule has 0 amide bonds. The van der Waals surface area contributed by atoms with Gasteiger partial charge < -0.3 is 15.4 Å². The van der Waals surface area contributed by atoms with Crippen molar-refractivity contribution in [1.29, 1.82) is 0 Å². The highest BCUT2D eigenvalue weighted by Crippen LogP contribution is 2.29. The fourth-order valence-corrected chi connectivity index (χ4v) is 1.77. The maximum absolute atomic E-state index is 12.7. The van der Waals surface area contributed by atoms with Crippen molar-refractivity contribution in [2.75, 3.05) is 11.9 Å². The highest BCUT2D eigenvalue weighted by molar-refractivity contribution is 5.82. The Bertz CT molecular complexity index is 583. The van der Waals surface area contributed by atoms with Gasteiger partial charge in [0, 0.05) is 12.6 Å². The van der Waals surface area contributed by atoms with Crippen LogP contribution in [0, 0.1) is 0 Å². The third kappa shape index (κ3) is 3.16. The van der Waals surface area contributed by atoms with Gasteiger partial charge in [0.05, 0.1) is 6.33 Å². The second-order valence-corrected chi connectivity index (χ2v) is 4.41. The number of aliphatic hydroxyl groups is 1. The molecule has 110 valence electrons. The maximum atomic E-state index is 12.7. The van der Waals surface area contributed by atoms with Crippen LogP contribution in [-0.2, 0) is 6.18 Å². The van der Waals surface area contributed by atoms with Crippen LogP contribution in [0.4, 0.5) is 19.0 Å². The van der Waals surface area contributed by atoms with Gasteiger partial charge in [-0.1, -0.05) is 0 Å². The number of fused-ring (bicyclic) bond motifs is 1. The molecule has 0 saturated carbocycles. The SMILES string of the molecule is CC(CCCO)Nc1nc(C(F)(F)F)nc2nc[nH]c12. The summed E-state index contributed by atoms with van der Waals surface area (Å²) in [5, 5.41) is 11.6. The molecule has 1 atom stereocenters. The minimum atomic E-state index is -4.63. The summed E-state index contributed by atoms with van der Waals surface area (Å²) in [5.41, 5.74) is 0.290. The van der Waals surface area contributed by atoms with E-state index >= 15 is 0 Å². The molecule has 0 radical (unpaired) electrons. The van der Waals surface area contributed by atoms with E-state index in [4.69, 9.17) is 5.11 Å². The summed E-state index contributed by atoms with van der Waals surface area (Å²) in [5.74, 6) is -1.17. The number of hydrogen-bond donors (Lipinski definition) is 3. The lowest BCUT2D eigenvalue weighted by Crippen LogP contribution is -2.19. The summed E-state index contributed by atoms with van der Waals surface area (Å²) in [6.07, 6.45) is -2.20. The zero-order chi connectivity index (χ0) is 14.8. The van der Waals surface area contributed by atoms with Gasteiger partial charge in [-0.15, -0.1) is 0 Å². The lowest BCUT2D eigenvalue weighted by Gasteiger charge is -2.15. The molecule has 1 unspecified atom stereocenters. The maximum Gasteiger partial charge on any atom is 0.451 e. The Morgan fingerprint density at radius 3 is 2.80 bits per heavy atom. The molecule has 0 aliphatic rings. The molecule has 2 rings (SSSR count). The molecular formula is C11H14F3N5O. The van der Waals surface area contributed by atoms with E-state index in [1.807, 2.05) is 0 Å². The number of aromatic amines is 1. The largest absolute Gasteiger partial charge is 0.451 e. The molecule has 2 heterocycles. The number of H-pyrrole nitrogens is 1. The minimum Gasteiger partial charge on any atom is -0.396 e. The van der Waals surface area contributed by atoms with E-state index in [0.717, 1.165) is 0 Å². The van der Waals surface area contributed by atoms with Crippen molar-refractivity contribution in [2.24, 2.45) is 0 Å². The zero-order valence-corrected chi connectivity index (χ0v) is 10.7. The highest BCUT2D eigenvalue weighted by atomic mass is 19.4. The average molecular weight is 289 g/mol. The van der Waals surface area contributed by atoms with Gasteiger partial charge in [0.2, 0.25) is 5.82 Å². The number of rotatable bonds is 5. The summed E-state index contributed by atoms with van der Waals surface area (Å²) in [7, 11) is 0. The van der Waals surface area contributed by atoms with E-state index in [2.05, 4.69) is 25.3 Å². The molecule has 0 aliphatic heterocycles. The molecule has 20 heavy (non-hydrogen) atoms. The fraction of sp³-hybridized carbons (Fsp3) is 0.545. The van der Waals surface area contributed by atoms with E-state index in [1.165, 1.54) is 6.33 Å². The highest BCUT2D eigenvalue weighted by Gasteiger charge is 2.36. The van der Waals surface area contributed by atoms with Crippen LogP contribution in [0.5, 0.6) is 0 Å². The lowest BCUT2D eigenvalue weighted by atomic mass is 10.2. The minimum absolute atomic E-state index is 0.0308. The Morgan fingerprint density at radius 1 is 1.40 bits per heavy atom. The second-order valence-electron chi connectivity index (χ2n) is 4.41. The Labute approximate surface area is 112 Å². The predicted molar refractivity (Wildman–Crippen MR) is 66.1 cm³/mol. The van der Waals surface area contributed by atoms with Gasteiger partial charge in [0.1, 0.15) is 5.52 Å². The number of nitrogens with zero attached hydrogens (tertiary/aromatic N) is 3. The summed E-state index contributed by atoms with van der Waals surface area (Å²) in [6.45, 7) is 1.83. The van der Waals surface area contributed by atoms with Crippen LogP contribution < -0.4 is 5.32 Å². The van der Waals surface area contributed by atoms with Crippen LogP contribution in [-0.4, -0.2) is 37.7 Å². The van der Waals surface area contributed by atoms with Gasteiger partial charge >= 0.3 is 6.18 Å². The van der Waals surface area contributed by atoms with E-state index < -0.39 is 12.0 Å². The van der Waals surface area contributed by atoms with Crippen LogP contribution in [0.15, 0.2) is 6.33 Å². The molecule has 6 nitrogen and oxygen atoms in total. The molecule has 0 aromatic carbocycles. The van der Waals surface area contributed by atoms with E-state index in [1.54, 1.807) is 6.92 Å². The summed E-state index contributed by atoms with van der Waals surface area (Å²) in [6, 6.07) is -0.135. The first-order valence-corrected chi connectivity index (χ1v) is 6.07. The van der Waals surface area contributed by atoms with Crippen LogP contribution in [0.1, 0.15) is 25.6 Å². The lowest BCUT2D eigenvalue weighted by molar-refractivity contribution is -0.144. The fourth-order valence-electron chi connectivity index (χ4n) is 1.77. The first-order chi connectivity index (χ1) is 9.41. The van der Waals surface area contributed by atoms with E-state index in [9.17, 15) is 13.2 Å². The number of aromatic nitrogens is 4.